The summed E-state index contributed by atoms with van der Waals surface area (Å²) in [6, 6.07) is 9.43. The standard InChI is InChI=1S/C22H18N8O/c1-24-20-14(6-7-19-17(20)11-25-29(19)2)21-16(10-26-30(21)3)12-4-5-13-15(8-12)18(9-23)27-28-22(13)31/h4-8,10-11H,9,23H2,2-3H3,(H,28,31). The van der Waals surface area contributed by atoms with Crippen molar-refractivity contribution in [2.45, 2.75) is 6.54 Å². The molecule has 3 N–H and O–H groups in total. The Kier molecular flexibility index (Phi) is 4.16. The molecule has 0 spiro atoms. The van der Waals surface area contributed by atoms with Gasteiger partial charge in [-0.2, -0.15) is 15.3 Å². The van der Waals surface area contributed by atoms with E-state index in [4.69, 9.17) is 12.3 Å². The second-order valence-corrected chi connectivity index (χ2v) is 7.27. The number of hydrogen-bond donors (Lipinski definition) is 2. The smallest absolute Gasteiger partial charge is 0.272 e. The Bertz CT molecular complexity index is 1580. The Morgan fingerprint density at radius 1 is 1.03 bits per heavy atom. The minimum atomic E-state index is -0.262. The van der Waals surface area contributed by atoms with Crippen LogP contribution in [0.15, 0.2) is 47.5 Å². The van der Waals surface area contributed by atoms with Gasteiger partial charge >= 0.3 is 0 Å². The minimum Gasteiger partial charge on any atom is -0.325 e. The zero-order valence-electron chi connectivity index (χ0n) is 16.9. The second kappa shape index (κ2) is 6.90. The van der Waals surface area contributed by atoms with Gasteiger partial charge in [-0.05, 0) is 23.8 Å². The Hall–Kier alpha value is -4.29. The molecule has 0 saturated carbocycles. The predicted molar refractivity (Wildman–Crippen MR) is 118 cm³/mol. The van der Waals surface area contributed by atoms with E-state index in [9.17, 15) is 4.79 Å². The number of benzene rings is 2. The molecule has 0 fully saturated rings. The van der Waals surface area contributed by atoms with Crippen molar-refractivity contribution < 1.29 is 0 Å². The van der Waals surface area contributed by atoms with E-state index in [1.54, 1.807) is 27.8 Å². The Balaban J connectivity index is 1.78. The summed E-state index contributed by atoms with van der Waals surface area (Å²) in [5.74, 6) is 0. The summed E-state index contributed by atoms with van der Waals surface area (Å²) in [5, 5.41) is 17.3. The molecule has 31 heavy (non-hydrogen) atoms. The fraction of sp³-hybridized carbons (Fsp3) is 0.136. The summed E-state index contributed by atoms with van der Waals surface area (Å²) >= 11 is 0. The molecule has 2 aromatic carbocycles. The molecule has 0 aliphatic rings. The molecule has 9 heteroatoms. The number of nitrogens with one attached hydrogen (secondary N) is 1. The number of aromatic amines is 1. The number of hydrogen-bond acceptors (Lipinski definition) is 5. The highest BCUT2D eigenvalue weighted by atomic mass is 16.1. The van der Waals surface area contributed by atoms with Gasteiger partial charge < -0.3 is 5.73 Å². The molecule has 5 aromatic rings. The third kappa shape index (κ3) is 2.73. The highest BCUT2D eigenvalue weighted by Gasteiger charge is 2.20. The molecular formula is C22H18N8O. The average Bonchev–Trinajstić information content (AvgIpc) is 3.35. The molecule has 0 aliphatic carbocycles. The van der Waals surface area contributed by atoms with Crippen molar-refractivity contribution in [3.8, 4) is 22.4 Å². The van der Waals surface area contributed by atoms with Crippen LogP contribution in [0.1, 0.15) is 5.69 Å². The number of H-pyrrole nitrogens is 1. The maximum absolute atomic E-state index is 12.2. The van der Waals surface area contributed by atoms with Crippen molar-refractivity contribution in [3.63, 3.8) is 0 Å². The van der Waals surface area contributed by atoms with Gasteiger partial charge in [-0.25, -0.2) is 9.94 Å². The highest BCUT2D eigenvalue weighted by molar-refractivity contribution is 6.02. The predicted octanol–water partition coefficient (Wildman–Crippen LogP) is 2.89. The Morgan fingerprint density at radius 3 is 2.61 bits per heavy atom. The molecule has 3 aromatic heterocycles. The van der Waals surface area contributed by atoms with Crippen molar-refractivity contribution in [2.75, 3.05) is 0 Å². The van der Waals surface area contributed by atoms with Crippen molar-refractivity contribution in [1.29, 1.82) is 0 Å². The summed E-state index contributed by atoms with van der Waals surface area (Å²) in [6.45, 7) is 8.01. The maximum atomic E-state index is 12.2. The van der Waals surface area contributed by atoms with Gasteiger partial charge in [0, 0.05) is 48.7 Å². The number of fused-ring (bicyclic) bond motifs is 2. The van der Waals surface area contributed by atoms with E-state index in [1.165, 1.54) is 0 Å². The van der Waals surface area contributed by atoms with Crippen LogP contribution in [0.4, 0.5) is 5.69 Å². The molecule has 0 aliphatic heterocycles. The molecule has 0 bridgehead atoms. The van der Waals surface area contributed by atoms with Crippen molar-refractivity contribution in [1.82, 2.24) is 29.8 Å². The number of nitrogens with two attached hydrogens (primary N) is 1. The lowest BCUT2D eigenvalue weighted by molar-refractivity contribution is 0.776. The number of nitrogens with zero attached hydrogens (tertiary/aromatic N) is 6. The number of rotatable bonds is 3. The van der Waals surface area contributed by atoms with Gasteiger partial charge in [0.05, 0.1) is 35.1 Å². The summed E-state index contributed by atoms with van der Waals surface area (Å²) in [5.41, 5.74) is 10.9. The van der Waals surface area contributed by atoms with Gasteiger partial charge in [-0.15, -0.1) is 0 Å². The highest BCUT2D eigenvalue weighted by Crippen LogP contribution is 2.41. The summed E-state index contributed by atoms with van der Waals surface area (Å²) in [4.78, 5) is 16.0. The largest absolute Gasteiger partial charge is 0.325 e. The van der Waals surface area contributed by atoms with E-state index < -0.39 is 0 Å². The van der Waals surface area contributed by atoms with Crippen LogP contribution in [-0.2, 0) is 20.6 Å². The van der Waals surface area contributed by atoms with Crippen LogP contribution in [0.3, 0.4) is 0 Å². The zero-order chi connectivity index (χ0) is 21.7. The van der Waals surface area contributed by atoms with Crippen LogP contribution >= 0.6 is 0 Å². The molecule has 3 heterocycles. The molecular weight excluding hydrogens is 392 g/mol. The molecule has 0 saturated heterocycles. The normalized spacial score (nSPS) is 11.3. The first-order chi connectivity index (χ1) is 15.0. The van der Waals surface area contributed by atoms with E-state index in [-0.39, 0.29) is 12.1 Å². The lowest BCUT2D eigenvalue weighted by atomic mass is 9.97. The van der Waals surface area contributed by atoms with Crippen molar-refractivity contribution >= 4 is 27.4 Å². The maximum Gasteiger partial charge on any atom is 0.272 e. The third-order valence-corrected chi connectivity index (χ3v) is 5.58. The van der Waals surface area contributed by atoms with Gasteiger partial charge in [0.2, 0.25) is 5.69 Å². The van der Waals surface area contributed by atoms with Gasteiger partial charge in [0.15, 0.2) is 0 Å². The van der Waals surface area contributed by atoms with Gasteiger partial charge in [0.25, 0.3) is 5.56 Å². The van der Waals surface area contributed by atoms with Crippen LogP contribution in [-0.4, -0.2) is 29.8 Å². The lowest BCUT2D eigenvalue weighted by Crippen LogP contribution is -2.13. The lowest BCUT2D eigenvalue weighted by Gasteiger charge is -2.11. The Morgan fingerprint density at radius 2 is 1.84 bits per heavy atom. The molecule has 0 radical (unpaired) electrons. The molecule has 0 atom stereocenters. The van der Waals surface area contributed by atoms with Crippen LogP contribution in [0, 0.1) is 6.57 Å². The van der Waals surface area contributed by atoms with Crippen LogP contribution < -0.4 is 11.3 Å². The number of aryl methyl sites for hydroxylation is 2. The molecule has 152 valence electrons. The second-order valence-electron chi connectivity index (χ2n) is 7.27. The fourth-order valence-corrected chi connectivity index (χ4v) is 4.04. The van der Waals surface area contributed by atoms with Crippen LogP contribution in [0.2, 0.25) is 0 Å². The molecule has 9 nitrogen and oxygen atoms in total. The molecule has 0 amide bonds. The minimum absolute atomic E-state index is 0.205. The van der Waals surface area contributed by atoms with Crippen LogP contribution in [0.25, 0.3) is 48.9 Å². The van der Waals surface area contributed by atoms with Crippen molar-refractivity contribution in [2.24, 2.45) is 19.8 Å². The SMILES string of the molecule is [C-]#[N+]c1c(-c2c(-c3ccc4c(=O)[nH]nc(CN)c4c3)cnn2C)ccc2c1cnn2C. The average molecular weight is 410 g/mol. The van der Waals surface area contributed by atoms with Gasteiger partial charge in [-0.3, -0.25) is 14.2 Å². The Labute approximate surface area is 176 Å². The van der Waals surface area contributed by atoms with E-state index >= 15 is 0 Å². The zero-order valence-corrected chi connectivity index (χ0v) is 16.9. The summed E-state index contributed by atoms with van der Waals surface area (Å²) in [7, 11) is 3.70. The summed E-state index contributed by atoms with van der Waals surface area (Å²) < 4.78 is 3.51. The van der Waals surface area contributed by atoms with E-state index in [2.05, 4.69) is 25.2 Å². The third-order valence-electron chi connectivity index (χ3n) is 5.58. The topological polar surface area (TPSA) is 112 Å². The summed E-state index contributed by atoms with van der Waals surface area (Å²) in [6.07, 6.45) is 3.48. The van der Waals surface area contributed by atoms with E-state index in [1.807, 2.05) is 38.4 Å². The first-order valence-corrected chi connectivity index (χ1v) is 9.59. The van der Waals surface area contributed by atoms with Gasteiger partial charge in [-0.1, -0.05) is 12.1 Å². The molecule has 5 rings (SSSR count). The first kappa shape index (κ1) is 18.7. The fourth-order valence-electron chi connectivity index (χ4n) is 4.04. The van der Waals surface area contributed by atoms with Gasteiger partial charge in [0.1, 0.15) is 0 Å². The molecule has 0 unspecified atom stereocenters. The number of aromatic nitrogens is 6. The quantitative estimate of drug-likeness (QED) is 0.444. The van der Waals surface area contributed by atoms with E-state index in [0.717, 1.165) is 33.3 Å². The first-order valence-electron chi connectivity index (χ1n) is 9.59. The van der Waals surface area contributed by atoms with E-state index in [0.29, 0.717) is 22.2 Å². The van der Waals surface area contributed by atoms with Crippen molar-refractivity contribution in [3.05, 3.63) is 70.2 Å². The van der Waals surface area contributed by atoms with Crippen LogP contribution in [0.5, 0.6) is 0 Å². The monoisotopic (exact) mass is 410 g/mol.